The highest BCUT2D eigenvalue weighted by atomic mass is 16.8. The van der Waals surface area contributed by atoms with Gasteiger partial charge in [0.2, 0.25) is 0 Å². The Morgan fingerprint density at radius 1 is 0.477 bits per heavy atom. The molecule has 0 aromatic carbocycles. The Kier molecular flexibility index (Phi) is 13.4. The van der Waals surface area contributed by atoms with Crippen LogP contribution >= 0.6 is 0 Å². The van der Waals surface area contributed by atoms with E-state index in [-0.39, 0.29) is 0 Å². The largest absolute Gasteiger partial charge is 0.463 e. The summed E-state index contributed by atoms with van der Waals surface area (Å²) in [7, 11) is 0. The monoisotopic (exact) mass is 636 g/mol. The maximum atomic E-state index is 12.2. The second kappa shape index (κ2) is 16.3. The van der Waals surface area contributed by atoms with Crippen molar-refractivity contribution >= 4 is 41.8 Å². The highest BCUT2D eigenvalue weighted by Crippen LogP contribution is 2.34. The lowest BCUT2D eigenvalue weighted by Crippen LogP contribution is -2.67. The summed E-state index contributed by atoms with van der Waals surface area (Å²) >= 11 is 0. The van der Waals surface area contributed by atoms with E-state index in [1.165, 1.54) is 0 Å². The summed E-state index contributed by atoms with van der Waals surface area (Å²) in [5.74, 6) is -6.03. The highest BCUT2D eigenvalue weighted by molar-refractivity contribution is 5.69. The first-order valence-corrected chi connectivity index (χ1v) is 13.3. The summed E-state index contributed by atoms with van der Waals surface area (Å²) in [5, 5.41) is 10.6. The smallest absolute Gasteiger partial charge is 0.303 e. The molecule has 1 N–H and O–H groups in total. The van der Waals surface area contributed by atoms with E-state index in [1.807, 2.05) is 0 Å². The van der Waals surface area contributed by atoms with Gasteiger partial charge in [0.05, 0.1) is 0 Å². The van der Waals surface area contributed by atoms with Crippen LogP contribution in [0.4, 0.5) is 0 Å². The summed E-state index contributed by atoms with van der Waals surface area (Å²) in [5.41, 5.74) is 0. The highest BCUT2D eigenvalue weighted by Gasteiger charge is 2.57. The zero-order valence-electron chi connectivity index (χ0n) is 25.1. The van der Waals surface area contributed by atoms with Gasteiger partial charge >= 0.3 is 41.8 Å². The molecular formula is C26H36O18. The lowest BCUT2D eigenvalue weighted by atomic mass is 9.96. The van der Waals surface area contributed by atoms with Crippen molar-refractivity contribution in [2.75, 3.05) is 13.2 Å². The Balaban J connectivity index is 2.66. The molecule has 0 amide bonds. The number of hydrogen-bond acceptors (Lipinski definition) is 18. The second-order valence-electron chi connectivity index (χ2n) is 9.68. The van der Waals surface area contributed by atoms with E-state index in [0.29, 0.717) is 0 Å². The third-order valence-electron chi connectivity index (χ3n) is 5.90. The summed E-state index contributed by atoms with van der Waals surface area (Å²) in [6.45, 7) is 6.11. The van der Waals surface area contributed by atoms with E-state index in [0.717, 1.165) is 48.5 Å². The molecule has 0 spiro atoms. The summed E-state index contributed by atoms with van der Waals surface area (Å²) < 4.78 is 54.1. The maximum absolute atomic E-state index is 12.2. The number of esters is 7. The minimum atomic E-state index is -1.90. The molecule has 2 fully saturated rings. The molecule has 0 aromatic heterocycles. The van der Waals surface area contributed by atoms with Gasteiger partial charge in [-0.15, -0.1) is 0 Å². The van der Waals surface area contributed by atoms with Crippen LogP contribution in [0.3, 0.4) is 0 Å². The minimum absolute atomic E-state index is 0.572. The summed E-state index contributed by atoms with van der Waals surface area (Å²) in [6.07, 6.45) is -16.3. The van der Waals surface area contributed by atoms with Crippen molar-refractivity contribution in [1.82, 2.24) is 0 Å². The van der Waals surface area contributed by atoms with E-state index in [9.17, 15) is 38.7 Å². The first-order chi connectivity index (χ1) is 20.5. The molecule has 0 unspecified atom stereocenters. The van der Waals surface area contributed by atoms with Crippen molar-refractivity contribution in [1.29, 1.82) is 0 Å². The maximum Gasteiger partial charge on any atom is 0.303 e. The predicted octanol–water partition coefficient (Wildman–Crippen LogP) is -1.40. The van der Waals surface area contributed by atoms with Crippen molar-refractivity contribution < 1.29 is 86.0 Å². The Morgan fingerprint density at radius 2 is 0.841 bits per heavy atom. The number of rotatable bonds is 11. The van der Waals surface area contributed by atoms with Gasteiger partial charge in [0.25, 0.3) is 0 Å². The average Bonchev–Trinajstić information content (AvgIpc) is 2.87. The van der Waals surface area contributed by atoms with E-state index in [4.69, 9.17) is 47.4 Å². The van der Waals surface area contributed by atoms with Crippen LogP contribution in [0, 0.1) is 0 Å². The molecule has 0 bridgehead atoms. The third-order valence-corrected chi connectivity index (χ3v) is 5.90. The third kappa shape index (κ3) is 10.7. The number of carbonyl (C=O) groups is 7. The number of aliphatic hydroxyl groups is 1. The van der Waals surface area contributed by atoms with Crippen molar-refractivity contribution in [2.45, 2.75) is 110 Å². The predicted molar refractivity (Wildman–Crippen MR) is 135 cm³/mol. The standard InChI is InChI=1S/C26H36O18/c1-10(27)35-8-17-20(21(38-13(4)30)23(25(34)42-17)40-15(6)32)44-26-24(41-16(7)33)22(39-14(5)31)19(37-12(3)29)18(43-26)9-36-11(2)28/h17-26,34H,8-9H2,1-7H3/t17-,18+,19+,20+,21+,22+,23+,24+,25-,26-/m0/s1. The molecule has 18 heteroatoms. The van der Waals surface area contributed by atoms with Crippen molar-refractivity contribution in [3.63, 3.8) is 0 Å². The fourth-order valence-electron chi connectivity index (χ4n) is 4.49. The summed E-state index contributed by atoms with van der Waals surface area (Å²) in [4.78, 5) is 83.5. The molecule has 2 rings (SSSR count). The van der Waals surface area contributed by atoms with Gasteiger partial charge in [0.1, 0.15) is 31.5 Å². The van der Waals surface area contributed by atoms with E-state index >= 15 is 0 Å². The van der Waals surface area contributed by atoms with Crippen LogP contribution in [0.15, 0.2) is 0 Å². The van der Waals surface area contributed by atoms with Gasteiger partial charge in [-0.05, 0) is 0 Å². The van der Waals surface area contributed by atoms with Crippen LogP contribution in [0.25, 0.3) is 0 Å². The van der Waals surface area contributed by atoms with Crippen LogP contribution in [-0.2, 0) is 80.9 Å². The molecule has 10 atom stereocenters. The Morgan fingerprint density at radius 3 is 1.27 bits per heavy atom. The molecule has 2 aliphatic heterocycles. The minimum Gasteiger partial charge on any atom is -0.463 e. The Hall–Kier alpha value is -3.87. The molecular weight excluding hydrogens is 600 g/mol. The van der Waals surface area contributed by atoms with Crippen LogP contribution in [0.1, 0.15) is 48.5 Å². The number of carbonyl (C=O) groups excluding carboxylic acids is 7. The Labute approximate surface area is 251 Å². The zero-order chi connectivity index (χ0) is 33.3. The SMILES string of the molecule is CC(=O)OC[C@@H]1O[C@H](O)[C@H](OC(C)=O)[C@H](OC(C)=O)[C@@H]1O[C@@H]1O[C@H](COC(C)=O)[C@@H](OC(C)=O)[C@@H](OC(C)=O)[C@H]1OC(C)=O. The molecule has 248 valence electrons. The van der Waals surface area contributed by atoms with Gasteiger partial charge in [-0.2, -0.15) is 0 Å². The molecule has 2 saturated heterocycles. The van der Waals surface area contributed by atoms with Gasteiger partial charge in [0.15, 0.2) is 43.1 Å². The lowest BCUT2D eigenvalue weighted by Gasteiger charge is -2.48. The van der Waals surface area contributed by atoms with E-state index in [1.54, 1.807) is 0 Å². The van der Waals surface area contributed by atoms with Crippen molar-refractivity contribution in [3.8, 4) is 0 Å². The molecule has 18 nitrogen and oxygen atoms in total. The number of aliphatic hydroxyl groups excluding tert-OH is 1. The molecule has 2 aliphatic rings. The van der Waals surface area contributed by atoms with Gasteiger partial charge in [-0.1, -0.05) is 0 Å². The number of hydrogen-bond donors (Lipinski definition) is 1. The van der Waals surface area contributed by atoms with Gasteiger partial charge < -0.3 is 52.5 Å². The quantitative estimate of drug-likeness (QED) is 0.203. The Bertz CT molecular complexity index is 1090. The molecule has 0 radical (unpaired) electrons. The number of ether oxygens (including phenoxy) is 10. The second-order valence-corrected chi connectivity index (χ2v) is 9.68. The van der Waals surface area contributed by atoms with Crippen LogP contribution in [0.5, 0.6) is 0 Å². The molecule has 0 aliphatic carbocycles. The fraction of sp³-hybridized carbons (Fsp3) is 0.731. The van der Waals surface area contributed by atoms with Crippen LogP contribution < -0.4 is 0 Å². The van der Waals surface area contributed by atoms with Crippen LogP contribution in [0.2, 0.25) is 0 Å². The first kappa shape index (κ1) is 36.3. The summed E-state index contributed by atoms with van der Waals surface area (Å²) in [6, 6.07) is 0. The molecule has 0 saturated carbocycles. The first-order valence-electron chi connectivity index (χ1n) is 13.3. The van der Waals surface area contributed by atoms with Gasteiger partial charge in [-0.3, -0.25) is 33.6 Å². The zero-order valence-corrected chi connectivity index (χ0v) is 25.1. The van der Waals surface area contributed by atoms with Gasteiger partial charge in [0, 0.05) is 48.5 Å². The normalized spacial score (nSPS) is 31.5. The lowest BCUT2D eigenvalue weighted by molar-refractivity contribution is -0.357. The average molecular weight is 637 g/mol. The molecule has 0 aromatic rings. The van der Waals surface area contributed by atoms with Crippen molar-refractivity contribution in [2.24, 2.45) is 0 Å². The molecule has 2 heterocycles. The van der Waals surface area contributed by atoms with Crippen LogP contribution in [-0.4, -0.2) is 122 Å². The van der Waals surface area contributed by atoms with Gasteiger partial charge in [-0.25, -0.2) is 0 Å². The molecule has 44 heavy (non-hydrogen) atoms. The van der Waals surface area contributed by atoms with Crippen molar-refractivity contribution in [3.05, 3.63) is 0 Å². The fourth-order valence-corrected chi connectivity index (χ4v) is 4.49. The topological polar surface area (TPSA) is 232 Å². The van der Waals surface area contributed by atoms with E-state index < -0.39 is 116 Å². The van der Waals surface area contributed by atoms with E-state index in [2.05, 4.69) is 0 Å².